The summed E-state index contributed by atoms with van der Waals surface area (Å²) in [5.74, 6) is 0.565. The monoisotopic (exact) mass is 314 g/mol. The predicted octanol–water partition coefficient (Wildman–Crippen LogP) is 4.47. The lowest BCUT2D eigenvalue weighted by Crippen LogP contribution is -2.47. The maximum atomic E-state index is 6.33. The van der Waals surface area contributed by atoms with Gasteiger partial charge in [0, 0.05) is 23.1 Å². The van der Waals surface area contributed by atoms with E-state index in [4.69, 9.17) is 23.2 Å². The number of nitrogens with zero attached hydrogens (tertiary/aromatic N) is 2. The molecule has 2 nitrogen and oxygen atoms in total. The number of rotatable bonds is 4. The number of piperidine rings is 1. The first-order chi connectivity index (χ1) is 9.52. The van der Waals surface area contributed by atoms with Crippen LogP contribution >= 0.6 is 23.2 Å². The predicted molar refractivity (Wildman–Crippen MR) is 87.8 cm³/mol. The van der Waals surface area contributed by atoms with Gasteiger partial charge in [-0.05, 0) is 57.0 Å². The fourth-order valence-electron chi connectivity index (χ4n) is 3.29. The Hall–Kier alpha value is -0.280. The minimum Gasteiger partial charge on any atom is -0.294 e. The average molecular weight is 315 g/mol. The molecule has 4 heteroatoms. The number of hydrogen-bond donors (Lipinski definition) is 0. The lowest BCUT2D eigenvalue weighted by molar-refractivity contribution is 0.0539. The molecule has 1 fully saturated rings. The molecule has 1 saturated heterocycles. The molecule has 1 heterocycles. The highest BCUT2D eigenvalue weighted by atomic mass is 35.5. The highest BCUT2D eigenvalue weighted by Crippen LogP contribution is 2.34. The molecule has 1 aliphatic heterocycles. The Balaban J connectivity index is 2.00. The van der Waals surface area contributed by atoms with Gasteiger partial charge >= 0.3 is 0 Å². The van der Waals surface area contributed by atoms with Crippen molar-refractivity contribution in [1.82, 2.24) is 9.80 Å². The molecule has 1 aromatic rings. The molecule has 2 rings (SSSR count). The molecule has 1 aromatic carbocycles. The molecule has 0 saturated carbocycles. The Labute approximate surface area is 132 Å². The van der Waals surface area contributed by atoms with E-state index >= 15 is 0 Å². The van der Waals surface area contributed by atoms with E-state index < -0.39 is 0 Å². The molecular formula is C16H24Cl2N2. The van der Waals surface area contributed by atoms with Gasteiger partial charge in [-0.25, -0.2) is 0 Å². The number of hydrogen-bond acceptors (Lipinski definition) is 2. The van der Waals surface area contributed by atoms with Crippen molar-refractivity contribution in [2.75, 3.05) is 27.2 Å². The zero-order valence-electron chi connectivity index (χ0n) is 12.6. The average Bonchev–Trinajstić information content (AvgIpc) is 2.40. The van der Waals surface area contributed by atoms with Crippen LogP contribution in [0.2, 0.25) is 10.0 Å². The van der Waals surface area contributed by atoms with Gasteiger partial charge in [-0.15, -0.1) is 0 Å². The third-order valence-electron chi connectivity index (χ3n) is 4.31. The Morgan fingerprint density at radius 1 is 1.25 bits per heavy atom. The van der Waals surface area contributed by atoms with Gasteiger partial charge in [0.15, 0.2) is 0 Å². The van der Waals surface area contributed by atoms with Gasteiger partial charge < -0.3 is 0 Å². The number of halogens is 2. The minimum absolute atomic E-state index is 0.552. The Bertz CT molecular complexity index is 440. The van der Waals surface area contributed by atoms with E-state index in [0.717, 1.165) is 23.1 Å². The van der Waals surface area contributed by atoms with Crippen LogP contribution < -0.4 is 0 Å². The van der Waals surface area contributed by atoms with E-state index in [1.807, 2.05) is 12.1 Å². The molecule has 1 aliphatic rings. The lowest BCUT2D eigenvalue weighted by Gasteiger charge is -2.40. The van der Waals surface area contributed by atoms with Crippen molar-refractivity contribution >= 4 is 23.2 Å². The van der Waals surface area contributed by atoms with Crippen LogP contribution in [0.1, 0.15) is 37.7 Å². The molecule has 1 atom stereocenters. The molecule has 0 amide bonds. The summed E-state index contributed by atoms with van der Waals surface area (Å²) in [4.78, 5) is 4.90. The zero-order valence-corrected chi connectivity index (χ0v) is 14.1. The van der Waals surface area contributed by atoms with Crippen LogP contribution in [0.4, 0.5) is 0 Å². The van der Waals surface area contributed by atoms with E-state index in [-0.39, 0.29) is 0 Å². The molecule has 1 unspecified atom stereocenters. The van der Waals surface area contributed by atoms with Crippen LogP contribution in [-0.4, -0.2) is 43.2 Å². The molecule has 0 N–H and O–H groups in total. The standard InChI is InChI=1S/C16H24Cl2N2/c1-4-16(19(2)3)20-9-7-12(8-10-20)14-6-5-13(17)11-15(14)18/h5-6,11-12,16H,4,7-10H2,1-3H3. The molecule has 0 radical (unpaired) electrons. The zero-order chi connectivity index (χ0) is 14.7. The largest absolute Gasteiger partial charge is 0.294 e. The van der Waals surface area contributed by atoms with Crippen LogP contribution in [0.5, 0.6) is 0 Å². The van der Waals surface area contributed by atoms with E-state index in [2.05, 4.69) is 36.9 Å². The molecule has 0 aromatic heterocycles. The molecular weight excluding hydrogens is 291 g/mol. The quantitative estimate of drug-likeness (QED) is 0.809. The maximum Gasteiger partial charge on any atom is 0.0614 e. The molecule has 0 bridgehead atoms. The van der Waals surface area contributed by atoms with Gasteiger partial charge in [-0.1, -0.05) is 36.2 Å². The number of likely N-dealkylation sites (tertiary alicyclic amines) is 1. The van der Waals surface area contributed by atoms with Crippen LogP contribution in [0.3, 0.4) is 0 Å². The summed E-state index contributed by atoms with van der Waals surface area (Å²) < 4.78 is 0. The fourth-order valence-corrected chi connectivity index (χ4v) is 3.85. The number of benzene rings is 1. The first-order valence-corrected chi connectivity index (χ1v) is 8.14. The van der Waals surface area contributed by atoms with Crippen molar-refractivity contribution in [2.45, 2.75) is 38.3 Å². The summed E-state index contributed by atoms with van der Waals surface area (Å²) in [6.07, 6.45) is 4.06. The highest BCUT2D eigenvalue weighted by Gasteiger charge is 2.26. The van der Waals surface area contributed by atoms with Gasteiger partial charge in [0.05, 0.1) is 6.17 Å². The van der Waals surface area contributed by atoms with Crippen molar-refractivity contribution in [3.8, 4) is 0 Å². The fraction of sp³-hybridized carbons (Fsp3) is 0.625. The molecule has 0 aliphatic carbocycles. The van der Waals surface area contributed by atoms with Crippen LogP contribution in [-0.2, 0) is 0 Å². The molecule has 0 spiro atoms. The van der Waals surface area contributed by atoms with E-state index in [1.165, 1.54) is 24.8 Å². The lowest BCUT2D eigenvalue weighted by atomic mass is 9.89. The van der Waals surface area contributed by atoms with Crippen LogP contribution in [0.25, 0.3) is 0 Å². The van der Waals surface area contributed by atoms with Gasteiger partial charge in [0.25, 0.3) is 0 Å². The minimum atomic E-state index is 0.552. The first-order valence-electron chi connectivity index (χ1n) is 7.38. The normalized spacial score (nSPS) is 19.5. The third-order valence-corrected chi connectivity index (χ3v) is 4.88. The van der Waals surface area contributed by atoms with Crippen molar-refractivity contribution in [3.05, 3.63) is 33.8 Å². The molecule has 112 valence electrons. The van der Waals surface area contributed by atoms with Gasteiger partial charge in [-0.2, -0.15) is 0 Å². The summed E-state index contributed by atoms with van der Waals surface area (Å²) in [7, 11) is 4.33. The second-order valence-electron chi connectivity index (χ2n) is 5.83. The summed E-state index contributed by atoms with van der Waals surface area (Å²) >= 11 is 12.3. The highest BCUT2D eigenvalue weighted by molar-refractivity contribution is 6.35. The molecule has 20 heavy (non-hydrogen) atoms. The second kappa shape index (κ2) is 7.13. The van der Waals surface area contributed by atoms with Gasteiger partial charge in [0.1, 0.15) is 0 Å². The summed E-state index contributed by atoms with van der Waals surface area (Å²) in [5, 5.41) is 1.53. The smallest absolute Gasteiger partial charge is 0.0614 e. The van der Waals surface area contributed by atoms with Crippen LogP contribution in [0.15, 0.2) is 18.2 Å². The summed E-state index contributed by atoms with van der Waals surface area (Å²) in [5.41, 5.74) is 1.26. The SMILES string of the molecule is CCC(N(C)C)N1CCC(c2ccc(Cl)cc2Cl)CC1. The van der Waals surface area contributed by atoms with Crippen molar-refractivity contribution in [1.29, 1.82) is 0 Å². The Morgan fingerprint density at radius 2 is 1.90 bits per heavy atom. The van der Waals surface area contributed by atoms with E-state index in [9.17, 15) is 0 Å². The maximum absolute atomic E-state index is 6.33. The van der Waals surface area contributed by atoms with Crippen molar-refractivity contribution < 1.29 is 0 Å². The Morgan fingerprint density at radius 3 is 2.40 bits per heavy atom. The van der Waals surface area contributed by atoms with Crippen LogP contribution in [0, 0.1) is 0 Å². The van der Waals surface area contributed by atoms with E-state index in [1.54, 1.807) is 0 Å². The summed E-state index contributed by atoms with van der Waals surface area (Å²) in [6.45, 7) is 4.54. The summed E-state index contributed by atoms with van der Waals surface area (Å²) in [6, 6.07) is 5.90. The Kier molecular flexibility index (Phi) is 5.74. The topological polar surface area (TPSA) is 6.48 Å². The van der Waals surface area contributed by atoms with Crippen molar-refractivity contribution in [2.24, 2.45) is 0 Å². The first kappa shape index (κ1) is 16.1. The third kappa shape index (κ3) is 3.67. The van der Waals surface area contributed by atoms with E-state index in [0.29, 0.717) is 12.1 Å². The second-order valence-corrected chi connectivity index (χ2v) is 6.67. The van der Waals surface area contributed by atoms with Gasteiger partial charge in [-0.3, -0.25) is 9.80 Å². The van der Waals surface area contributed by atoms with Gasteiger partial charge in [0.2, 0.25) is 0 Å². The van der Waals surface area contributed by atoms with Crippen molar-refractivity contribution in [3.63, 3.8) is 0 Å².